The number of fused-ring (bicyclic) bond motifs is 1. The van der Waals surface area contributed by atoms with Gasteiger partial charge in [0.25, 0.3) is 0 Å². The van der Waals surface area contributed by atoms with E-state index in [1.807, 2.05) is 48.5 Å². The average molecular weight is 441 g/mol. The Kier molecular flexibility index (Phi) is 5.54. The first-order valence-electron chi connectivity index (χ1n) is 9.87. The number of carbonyl (C=O) groups is 1. The maximum atomic E-state index is 12.5. The second kappa shape index (κ2) is 8.08. The van der Waals surface area contributed by atoms with Crippen LogP contribution in [0.1, 0.15) is 43.7 Å². The zero-order chi connectivity index (χ0) is 19.6. The van der Waals surface area contributed by atoms with E-state index in [1.165, 1.54) is 19.3 Å². The van der Waals surface area contributed by atoms with Crippen LogP contribution in [0.15, 0.2) is 58.1 Å². The maximum Gasteiger partial charge on any atom is 0.244 e. The lowest BCUT2D eigenvalue weighted by Crippen LogP contribution is -2.22. The summed E-state index contributed by atoms with van der Waals surface area (Å²) in [5, 5.41) is 4.17. The molecule has 146 valence electrons. The number of rotatable bonds is 6. The normalized spacial score (nSPS) is 25.9. The van der Waals surface area contributed by atoms with Crippen molar-refractivity contribution in [3.8, 4) is 5.75 Å². The standard InChI is InChI=1S/C23H25BrN2O2/c1-23-12-6-5-9-18(23)21(23)22(27)26-25-14-17-10-11-20(19(24)13-17)28-15-16-7-3-2-4-8-16/h2-4,7-8,10-11,13-14,18,21H,5-6,9,12,15H2,1H3,(H,26,27)/b25-14-/t18-,21+,23-/m0/s1. The first-order chi connectivity index (χ1) is 13.6. The number of hydrogen-bond donors (Lipinski definition) is 1. The highest BCUT2D eigenvalue weighted by Crippen LogP contribution is 2.66. The number of halogens is 1. The van der Waals surface area contributed by atoms with Crippen LogP contribution in [0.3, 0.4) is 0 Å². The lowest BCUT2D eigenvalue weighted by Gasteiger charge is -2.15. The maximum absolute atomic E-state index is 12.5. The predicted octanol–water partition coefficient (Wildman–Crippen LogP) is 5.30. The molecule has 5 heteroatoms. The fourth-order valence-electron chi connectivity index (χ4n) is 4.54. The van der Waals surface area contributed by atoms with Crippen LogP contribution >= 0.6 is 15.9 Å². The van der Waals surface area contributed by atoms with Crippen molar-refractivity contribution in [3.63, 3.8) is 0 Å². The van der Waals surface area contributed by atoms with Gasteiger partial charge < -0.3 is 4.74 Å². The first-order valence-corrected chi connectivity index (χ1v) is 10.7. The van der Waals surface area contributed by atoms with E-state index in [-0.39, 0.29) is 17.2 Å². The van der Waals surface area contributed by atoms with Crippen LogP contribution in [0.25, 0.3) is 0 Å². The van der Waals surface area contributed by atoms with Gasteiger partial charge in [0, 0.05) is 5.92 Å². The van der Waals surface area contributed by atoms with Gasteiger partial charge >= 0.3 is 0 Å². The molecular formula is C23H25BrN2O2. The Hall–Kier alpha value is -2.14. The van der Waals surface area contributed by atoms with Gasteiger partial charge in [-0.25, -0.2) is 5.43 Å². The van der Waals surface area contributed by atoms with Crippen molar-refractivity contribution < 1.29 is 9.53 Å². The van der Waals surface area contributed by atoms with Crippen LogP contribution in [-0.2, 0) is 11.4 Å². The average Bonchev–Trinajstić information content (AvgIpc) is 3.33. The van der Waals surface area contributed by atoms with Crippen molar-refractivity contribution in [2.45, 2.75) is 39.2 Å². The van der Waals surface area contributed by atoms with E-state index in [0.29, 0.717) is 12.5 Å². The number of amides is 1. The summed E-state index contributed by atoms with van der Waals surface area (Å²) in [6.45, 7) is 2.76. The highest BCUT2D eigenvalue weighted by Gasteiger charge is 2.64. The number of ether oxygens (including phenoxy) is 1. The molecule has 0 unspecified atom stereocenters. The molecule has 28 heavy (non-hydrogen) atoms. The number of hydrogen-bond acceptors (Lipinski definition) is 3. The minimum Gasteiger partial charge on any atom is -0.488 e. The molecule has 4 rings (SSSR count). The molecule has 1 N–H and O–H groups in total. The number of benzene rings is 2. The van der Waals surface area contributed by atoms with Crippen molar-refractivity contribution in [2.24, 2.45) is 22.4 Å². The quantitative estimate of drug-likeness (QED) is 0.488. The fraction of sp³-hybridized carbons (Fsp3) is 0.391. The molecule has 2 aromatic carbocycles. The van der Waals surface area contributed by atoms with Crippen LogP contribution in [0.5, 0.6) is 5.75 Å². The smallest absolute Gasteiger partial charge is 0.244 e. The molecule has 2 aliphatic carbocycles. The third-order valence-corrected chi connectivity index (χ3v) is 6.82. The third kappa shape index (κ3) is 4.00. The summed E-state index contributed by atoms with van der Waals surface area (Å²) in [5.74, 6) is 1.52. The van der Waals surface area contributed by atoms with E-state index in [0.717, 1.165) is 27.8 Å². The highest BCUT2D eigenvalue weighted by atomic mass is 79.9. The highest BCUT2D eigenvalue weighted by molar-refractivity contribution is 9.10. The van der Waals surface area contributed by atoms with E-state index in [9.17, 15) is 4.79 Å². The Labute approximate surface area is 174 Å². The second-order valence-electron chi connectivity index (χ2n) is 8.03. The minimum atomic E-state index is 0.0625. The van der Waals surface area contributed by atoms with E-state index >= 15 is 0 Å². The predicted molar refractivity (Wildman–Crippen MR) is 114 cm³/mol. The third-order valence-electron chi connectivity index (χ3n) is 6.20. The van der Waals surface area contributed by atoms with Crippen LogP contribution < -0.4 is 10.2 Å². The summed E-state index contributed by atoms with van der Waals surface area (Å²) >= 11 is 3.55. The summed E-state index contributed by atoms with van der Waals surface area (Å²) in [5.41, 5.74) is 4.97. The molecule has 0 aromatic heterocycles. The lowest BCUT2D eigenvalue weighted by molar-refractivity contribution is -0.123. The summed E-state index contributed by atoms with van der Waals surface area (Å²) < 4.78 is 6.73. The second-order valence-corrected chi connectivity index (χ2v) is 8.89. The molecule has 0 radical (unpaired) electrons. The van der Waals surface area contributed by atoms with E-state index in [1.54, 1.807) is 6.21 Å². The number of hydrazone groups is 1. The Morgan fingerprint density at radius 1 is 1.29 bits per heavy atom. The lowest BCUT2D eigenvalue weighted by atomic mass is 9.90. The van der Waals surface area contributed by atoms with Crippen LogP contribution in [-0.4, -0.2) is 12.1 Å². The molecule has 2 aromatic rings. The molecule has 0 heterocycles. The minimum absolute atomic E-state index is 0.0625. The number of carbonyl (C=O) groups excluding carboxylic acids is 1. The molecule has 4 nitrogen and oxygen atoms in total. The molecule has 0 spiro atoms. The molecule has 3 atom stereocenters. The van der Waals surface area contributed by atoms with Gasteiger partial charge in [-0.1, -0.05) is 50.1 Å². The monoisotopic (exact) mass is 440 g/mol. The Bertz CT molecular complexity index is 883. The zero-order valence-corrected chi connectivity index (χ0v) is 17.6. The van der Waals surface area contributed by atoms with Crippen molar-refractivity contribution >= 4 is 28.1 Å². The summed E-state index contributed by atoms with van der Waals surface area (Å²) in [6.07, 6.45) is 6.51. The van der Waals surface area contributed by atoms with Gasteiger partial charge in [0.2, 0.25) is 5.91 Å². The van der Waals surface area contributed by atoms with E-state index in [2.05, 4.69) is 33.4 Å². The Morgan fingerprint density at radius 3 is 2.82 bits per heavy atom. The Balaban J connectivity index is 1.31. The van der Waals surface area contributed by atoms with Gasteiger partial charge in [-0.3, -0.25) is 4.79 Å². The summed E-state index contributed by atoms with van der Waals surface area (Å²) in [4.78, 5) is 12.5. The van der Waals surface area contributed by atoms with Crippen LogP contribution in [0.2, 0.25) is 0 Å². The summed E-state index contributed by atoms with van der Waals surface area (Å²) in [6, 6.07) is 15.8. The van der Waals surface area contributed by atoms with Gasteiger partial charge in [0.15, 0.2) is 0 Å². The van der Waals surface area contributed by atoms with Crippen molar-refractivity contribution in [2.75, 3.05) is 0 Å². The molecule has 1 amide bonds. The number of nitrogens with one attached hydrogen (secondary N) is 1. The fourth-order valence-corrected chi connectivity index (χ4v) is 5.05. The van der Waals surface area contributed by atoms with E-state index < -0.39 is 0 Å². The molecule has 2 aliphatic rings. The molecule has 2 saturated carbocycles. The first kappa shape index (κ1) is 19.2. The van der Waals surface area contributed by atoms with Crippen LogP contribution in [0, 0.1) is 17.3 Å². The van der Waals surface area contributed by atoms with Gasteiger partial charge in [0.05, 0.1) is 10.7 Å². The van der Waals surface area contributed by atoms with Gasteiger partial charge in [-0.2, -0.15) is 5.10 Å². The van der Waals surface area contributed by atoms with Crippen molar-refractivity contribution in [3.05, 3.63) is 64.1 Å². The SMILES string of the molecule is C[C@]12CCCC[C@H]1[C@@H]2C(=O)N/N=C\c1ccc(OCc2ccccc2)c(Br)c1. The van der Waals surface area contributed by atoms with Crippen LogP contribution in [0.4, 0.5) is 0 Å². The van der Waals surface area contributed by atoms with Gasteiger partial charge in [-0.15, -0.1) is 0 Å². The van der Waals surface area contributed by atoms with E-state index in [4.69, 9.17) is 4.74 Å². The van der Waals surface area contributed by atoms with Gasteiger partial charge in [-0.05, 0) is 69.4 Å². The molecular weight excluding hydrogens is 416 g/mol. The molecule has 0 bridgehead atoms. The summed E-state index contributed by atoms with van der Waals surface area (Å²) in [7, 11) is 0. The molecule has 0 saturated heterocycles. The topological polar surface area (TPSA) is 50.7 Å². The molecule has 0 aliphatic heterocycles. The largest absolute Gasteiger partial charge is 0.488 e. The van der Waals surface area contributed by atoms with Crippen molar-refractivity contribution in [1.82, 2.24) is 5.43 Å². The van der Waals surface area contributed by atoms with Crippen molar-refractivity contribution in [1.29, 1.82) is 0 Å². The van der Waals surface area contributed by atoms with Gasteiger partial charge in [0.1, 0.15) is 12.4 Å². The Morgan fingerprint density at radius 2 is 2.11 bits per heavy atom. The molecule has 2 fully saturated rings. The zero-order valence-electron chi connectivity index (χ0n) is 16.0. The number of nitrogens with zero attached hydrogens (tertiary/aromatic N) is 1.